The van der Waals surface area contributed by atoms with Crippen molar-refractivity contribution in [2.75, 3.05) is 13.7 Å². The first-order valence-electron chi connectivity index (χ1n) is 9.90. The number of hydrogen-bond donors (Lipinski definition) is 1. The zero-order chi connectivity index (χ0) is 22.1. The first-order chi connectivity index (χ1) is 14.2. The Bertz CT molecular complexity index is 777. The third kappa shape index (κ3) is 7.37. The van der Waals surface area contributed by atoms with Gasteiger partial charge in [-0.05, 0) is 48.7 Å². The Kier molecular flexibility index (Phi) is 8.72. The van der Waals surface area contributed by atoms with Crippen LogP contribution in [-0.2, 0) is 15.7 Å². The molecular weight excluding hydrogens is 395 g/mol. The van der Waals surface area contributed by atoms with Crippen LogP contribution in [0.25, 0.3) is 0 Å². The molecule has 1 unspecified atom stereocenters. The molecule has 0 aliphatic rings. The minimum absolute atomic E-state index is 0.315. The maximum Gasteiger partial charge on any atom is 0.416 e. The van der Waals surface area contributed by atoms with Gasteiger partial charge >= 0.3 is 12.1 Å². The first kappa shape index (κ1) is 23.7. The molecule has 0 saturated carbocycles. The van der Waals surface area contributed by atoms with Crippen molar-refractivity contribution in [3.63, 3.8) is 0 Å². The number of nitrogens with one attached hydrogen (secondary N) is 1. The first-order valence-corrected chi connectivity index (χ1v) is 9.90. The summed E-state index contributed by atoms with van der Waals surface area (Å²) < 4.78 is 49.2. The number of esters is 1. The lowest BCUT2D eigenvalue weighted by molar-refractivity contribution is -0.143. The van der Waals surface area contributed by atoms with Crippen LogP contribution in [0.3, 0.4) is 0 Å². The molecule has 0 heterocycles. The number of halogens is 3. The van der Waals surface area contributed by atoms with E-state index in [1.165, 1.54) is 19.2 Å². The Morgan fingerprint density at radius 1 is 1.03 bits per heavy atom. The van der Waals surface area contributed by atoms with Gasteiger partial charge < -0.3 is 14.8 Å². The molecule has 2 atom stereocenters. The summed E-state index contributed by atoms with van der Waals surface area (Å²) in [5.41, 5.74) is 0.181. The topological polar surface area (TPSA) is 47.6 Å². The van der Waals surface area contributed by atoms with E-state index in [9.17, 15) is 18.0 Å². The van der Waals surface area contributed by atoms with Crippen molar-refractivity contribution in [3.05, 3.63) is 65.7 Å². The van der Waals surface area contributed by atoms with Gasteiger partial charge in [0.1, 0.15) is 17.9 Å². The van der Waals surface area contributed by atoms with Crippen LogP contribution in [-0.4, -0.2) is 25.7 Å². The Morgan fingerprint density at radius 3 is 2.20 bits per heavy atom. The van der Waals surface area contributed by atoms with Crippen LogP contribution in [0.5, 0.6) is 5.75 Å². The van der Waals surface area contributed by atoms with E-state index >= 15 is 0 Å². The van der Waals surface area contributed by atoms with Crippen LogP contribution in [0.1, 0.15) is 43.9 Å². The van der Waals surface area contributed by atoms with Crippen LogP contribution >= 0.6 is 0 Å². The summed E-state index contributed by atoms with van der Waals surface area (Å²) in [5, 5.41) is 3.21. The molecule has 30 heavy (non-hydrogen) atoms. The van der Waals surface area contributed by atoms with E-state index in [-0.39, 0.29) is 12.1 Å². The highest BCUT2D eigenvalue weighted by Crippen LogP contribution is 2.31. The fourth-order valence-electron chi connectivity index (χ4n) is 3.11. The Morgan fingerprint density at radius 2 is 1.67 bits per heavy atom. The van der Waals surface area contributed by atoms with Crippen LogP contribution < -0.4 is 10.1 Å². The molecule has 0 aromatic heterocycles. The van der Waals surface area contributed by atoms with Gasteiger partial charge in [-0.15, -0.1) is 0 Å². The molecule has 0 amide bonds. The molecule has 4 nitrogen and oxygen atoms in total. The maximum absolute atomic E-state index is 12.8. The van der Waals surface area contributed by atoms with Crippen molar-refractivity contribution in [3.8, 4) is 5.75 Å². The second kappa shape index (κ2) is 11.0. The highest BCUT2D eigenvalue weighted by Gasteiger charge is 2.30. The number of methoxy groups -OCH3 is 1. The minimum Gasteiger partial charge on any atom is -0.486 e. The van der Waals surface area contributed by atoms with Crippen LogP contribution in [0.15, 0.2) is 54.6 Å². The minimum atomic E-state index is -4.39. The number of carbonyl (C=O) groups excluding carboxylic acids is 1. The quantitative estimate of drug-likeness (QED) is 0.521. The normalized spacial score (nSPS) is 13.7. The molecule has 2 rings (SSSR count). The molecule has 0 saturated heterocycles. The summed E-state index contributed by atoms with van der Waals surface area (Å²) in [6.07, 6.45) is -3.60. The number of carbonyl (C=O) groups is 1. The van der Waals surface area contributed by atoms with Crippen molar-refractivity contribution in [1.82, 2.24) is 5.32 Å². The molecular formula is C23H28F3NO3. The smallest absolute Gasteiger partial charge is 0.416 e. The highest BCUT2D eigenvalue weighted by atomic mass is 19.4. The average Bonchev–Trinajstić information content (AvgIpc) is 2.71. The van der Waals surface area contributed by atoms with Gasteiger partial charge in [-0.1, -0.05) is 44.2 Å². The van der Waals surface area contributed by atoms with Gasteiger partial charge in [0.05, 0.1) is 12.7 Å². The van der Waals surface area contributed by atoms with Crippen LogP contribution in [0, 0.1) is 5.92 Å². The van der Waals surface area contributed by atoms with Gasteiger partial charge in [-0.2, -0.15) is 13.2 Å². The third-order valence-corrected chi connectivity index (χ3v) is 4.62. The molecule has 7 heteroatoms. The molecule has 0 spiro atoms. The van der Waals surface area contributed by atoms with E-state index in [1.807, 2.05) is 44.2 Å². The Balaban J connectivity index is 2.08. The molecule has 164 valence electrons. The number of alkyl halides is 3. The van der Waals surface area contributed by atoms with Gasteiger partial charge in [0.25, 0.3) is 0 Å². The summed E-state index contributed by atoms with van der Waals surface area (Å²) in [6.45, 7) is 4.53. The van der Waals surface area contributed by atoms with Crippen molar-refractivity contribution < 1.29 is 27.4 Å². The van der Waals surface area contributed by atoms with Crippen LogP contribution in [0.4, 0.5) is 13.2 Å². The summed E-state index contributed by atoms with van der Waals surface area (Å²) >= 11 is 0. The molecule has 0 fully saturated rings. The van der Waals surface area contributed by atoms with Crippen molar-refractivity contribution >= 4 is 5.97 Å². The largest absolute Gasteiger partial charge is 0.486 e. The average molecular weight is 423 g/mol. The monoisotopic (exact) mass is 423 g/mol. The summed E-state index contributed by atoms with van der Waals surface area (Å²) in [7, 11) is 1.36. The molecule has 1 N–H and O–H groups in total. The predicted octanol–water partition coefficient (Wildman–Crippen LogP) is 5.39. The number of hydrogen-bond acceptors (Lipinski definition) is 4. The van der Waals surface area contributed by atoms with Gasteiger partial charge in [-0.25, -0.2) is 0 Å². The second-order valence-electron chi connectivity index (χ2n) is 7.49. The van der Waals surface area contributed by atoms with Crippen molar-refractivity contribution in [2.45, 2.75) is 45.0 Å². The van der Waals surface area contributed by atoms with E-state index < -0.39 is 17.8 Å². The fourth-order valence-corrected chi connectivity index (χ4v) is 3.11. The fraction of sp³-hybridized carbons (Fsp3) is 0.435. The predicted molar refractivity (Wildman–Crippen MR) is 109 cm³/mol. The van der Waals surface area contributed by atoms with E-state index in [2.05, 4.69) is 5.32 Å². The van der Waals surface area contributed by atoms with E-state index in [0.29, 0.717) is 31.1 Å². The summed E-state index contributed by atoms with van der Waals surface area (Å²) in [6, 6.07) is 13.7. The summed E-state index contributed by atoms with van der Waals surface area (Å²) in [5.74, 6) is 0.349. The Hall–Kier alpha value is -2.54. The molecule has 0 radical (unpaired) electrons. The molecule has 2 aromatic carbocycles. The van der Waals surface area contributed by atoms with Gasteiger partial charge in [0.2, 0.25) is 0 Å². The maximum atomic E-state index is 12.8. The lowest BCUT2D eigenvalue weighted by atomic mass is 10.0. The lowest BCUT2D eigenvalue weighted by Gasteiger charge is -2.23. The lowest BCUT2D eigenvalue weighted by Crippen LogP contribution is -2.39. The van der Waals surface area contributed by atoms with E-state index in [4.69, 9.17) is 9.47 Å². The molecule has 0 bridgehead atoms. The van der Waals surface area contributed by atoms with E-state index in [1.54, 1.807) is 0 Å². The van der Waals surface area contributed by atoms with E-state index in [0.717, 1.165) is 17.7 Å². The third-order valence-electron chi connectivity index (χ3n) is 4.62. The number of ether oxygens (including phenoxy) is 2. The number of benzene rings is 2. The van der Waals surface area contributed by atoms with Crippen molar-refractivity contribution in [2.24, 2.45) is 5.92 Å². The highest BCUT2D eigenvalue weighted by molar-refractivity contribution is 5.75. The Labute approximate surface area is 175 Å². The zero-order valence-electron chi connectivity index (χ0n) is 17.4. The molecule has 0 aliphatic carbocycles. The van der Waals surface area contributed by atoms with Gasteiger partial charge in [0.15, 0.2) is 0 Å². The number of rotatable bonds is 10. The molecule has 2 aromatic rings. The van der Waals surface area contributed by atoms with Gasteiger partial charge in [0, 0.05) is 6.42 Å². The second-order valence-corrected chi connectivity index (χ2v) is 7.49. The zero-order valence-corrected chi connectivity index (χ0v) is 17.4. The molecule has 0 aliphatic heterocycles. The van der Waals surface area contributed by atoms with Crippen molar-refractivity contribution in [1.29, 1.82) is 0 Å². The van der Waals surface area contributed by atoms with Crippen LogP contribution in [0.2, 0.25) is 0 Å². The standard InChI is InChI=1S/C23H28F3NO3/c1-16(2)15-20(22(28)29-3)27-14-13-21(17-7-5-4-6-8-17)30-19-11-9-18(10-12-19)23(24,25)26/h4-12,16,20-21,27H,13-15H2,1-3H3/t20-,21?/m0/s1. The van der Waals surface area contributed by atoms with Gasteiger partial charge in [-0.3, -0.25) is 4.79 Å². The summed E-state index contributed by atoms with van der Waals surface area (Å²) in [4.78, 5) is 12.0. The SMILES string of the molecule is COC(=O)[C@H](CC(C)C)NCCC(Oc1ccc(C(F)(F)F)cc1)c1ccccc1.